The number of likely N-dealkylation sites (tertiary alicyclic amines) is 2. The molecular formula is C29H36F3N3O3. The second-order valence-corrected chi connectivity index (χ2v) is 11.1. The highest BCUT2D eigenvalue weighted by atomic mass is 19.1. The Morgan fingerprint density at radius 2 is 1.76 bits per heavy atom. The van der Waals surface area contributed by atoms with E-state index in [1.807, 2.05) is 0 Å². The number of ether oxygens (including phenoxy) is 1. The zero-order chi connectivity index (χ0) is 27.4. The van der Waals surface area contributed by atoms with E-state index in [1.54, 1.807) is 19.9 Å². The van der Waals surface area contributed by atoms with E-state index in [1.165, 1.54) is 29.2 Å². The summed E-state index contributed by atoms with van der Waals surface area (Å²) in [5, 5.41) is 0. The number of alkyl halides is 1. The Hall–Kier alpha value is -3.07. The predicted octanol–water partition coefficient (Wildman–Crippen LogP) is 4.95. The van der Waals surface area contributed by atoms with E-state index in [-0.39, 0.29) is 23.6 Å². The highest BCUT2D eigenvalue weighted by Crippen LogP contribution is 2.30. The number of hydrogen-bond acceptors (Lipinski definition) is 4. The quantitative estimate of drug-likeness (QED) is 0.497. The van der Waals surface area contributed by atoms with Crippen molar-refractivity contribution in [1.29, 1.82) is 0 Å². The van der Waals surface area contributed by atoms with Crippen LogP contribution in [0, 0.1) is 17.6 Å². The fourth-order valence-electron chi connectivity index (χ4n) is 5.44. The van der Waals surface area contributed by atoms with Crippen LogP contribution in [0.3, 0.4) is 0 Å². The van der Waals surface area contributed by atoms with Gasteiger partial charge < -0.3 is 20.3 Å². The zero-order valence-corrected chi connectivity index (χ0v) is 22.0. The Balaban J connectivity index is 1.36. The molecule has 0 radical (unpaired) electrons. The second-order valence-electron chi connectivity index (χ2n) is 11.1. The lowest BCUT2D eigenvalue weighted by Gasteiger charge is -2.34. The first-order valence-corrected chi connectivity index (χ1v) is 13.2. The topological polar surface area (TPSA) is 75.9 Å². The van der Waals surface area contributed by atoms with Crippen molar-refractivity contribution in [1.82, 2.24) is 9.80 Å². The third-order valence-corrected chi connectivity index (χ3v) is 7.32. The summed E-state index contributed by atoms with van der Waals surface area (Å²) in [4.78, 5) is 27.8. The van der Waals surface area contributed by atoms with E-state index in [0.29, 0.717) is 43.3 Å². The Morgan fingerprint density at radius 1 is 1.03 bits per heavy atom. The molecule has 0 bridgehead atoms. The number of nitrogens with zero attached hydrogens (tertiary/aromatic N) is 2. The van der Waals surface area contributed by atoms with Crippen LogP contribution >= 0.6 is 0 Å². The average Bonchev–Trinajstić information content (AvgIpc) is 3.29. The Bertz CT molecular complexity index is 1160. The maximum Gasteiger partial charge on any atom is 0.257 e. The zero-order valence-electron chi connectivity index (χ0n) is 22.0. The fourth-order valence-corrected chi connectivity index (χ4v) is 5.44. The van der Waals surface area contributed by atoms with Crippen molar-refractivity contribution in [2.24, 2.45) is 11.7 Å². The van der Waals surface area contributed by atoms with Gasteiger partial charge in [-0.1, -0.05) is 6.07 Å². The average molecular weight is 532 g/mol. The van der Waals surface area contributed by atoms with Gasteiger partial charge in [0.1, 0.15) is 23.1 Å². The van der Waals surface area contributed by atoms with Gasteiger partial charge in [0.05, 0.1) is 12.2 Å². The van der Waals surface area contributed by atoms with Gasteiger partial charge in [-0.05, 0) is 88.4 Å². The molecule has 1 atom stereocenters. The predicted molar refractivity (Wildman–Crippen MR) is 140 cm³/mol. The molecule has 4 rings (SSSR count). The Kier molecular flexibility index (Phi) is 8.65. The molecule has 2 heterocycles. The summed E-state index contributed by atoms with van der Waals surface area (Å²) in [5.41, 5.74) is 4.45. The third-order valence-electron chi connectivity index (χ3n) is 7.32. The van der Waals surface area contributed by atoms with Crippen LogP contribution in [0.5, 0.6) is 5.75 Å². The summed E-state index contributed by atoms with van der Waals surface area (Å²) in [6.45, 7) is 6.08. The number of amides is 2. The minimum Gasteiger partial charge on any atom is -0.493 e. The monoisotopic (exact) mass is 531 g/mol. The number of hydrogen-bond donors (Lipinski definition) is 1. The maximum atomic E-state index is 15.0. The molecule has 9 heteroatoms. The summed E-state index contributed by atoms with van der Waals surface area (Å²) >= 11 is 0. The number of benzene rings is 2. The summed E-state index contributed by atoms with van der Waals surface area (Å²) in [6.07, 6.45) is 3.19. The molecule has 0 saturated carbocycles. The van der Waals surface area contributed by atoms with E-state index in [0.717, 1.165) is 38.4 Å². The first-order chi connectivity index (χ1) is 18.0. The number of primary amides is 1. The van der Waals surface area contributed by atoms with Gasteiger partial charge in [0.2, 0.25) is 5.91 Å². The summed E-state index contributed by atoms with van der Waals surface area (Å²) in [7, 11) is 0. The van der Waals surface area contributed by atoms with E-state index in [2.05, 4.69) is 4.90 Å². The van der Waals surface area contributed by atoms with Crippen molar-refractivity contribution in [2.75, 3.05) is 32.8 Å². The molecular weight excluding hydrogens is 495 g/mol. The molecule has 2 fully saturated rings. The molecule has 206 valence electrons. The van der Waals surface area contributed by atoms with Crippen LogP contribution in [0.1, 0.15) is 56.3 Å². The lowest BCUT2D eigenvalue weighted by molar-refractivity contribution is -0.118. The van der Waals surface area contributed by atoms with Crippen molar-refractivity contribution in [3.05, 3.63) is 53.6 Å². The number of halogens is 3. The van der Waals surface area contributed by atoms with Crippen molar-refractivity contribution in [3.8, 4) is 16.9 Å². The second kappa shape index (κ2) is 11.8. The van der Waals surface area contributed by atoms with Crippen LogP contribution in [0.25, 0.3) is 11.1 Å². The highest BCUT2D eigenvalue weighted by Gasteiger charge is 2.32. The van der Waals surface area contributed by atoms with Gasteiger partial charge in [-0.2, -0.15) is 0 Å². The molecule has 2 saturated heterocycles. The van der Waals surface area contributed by atoms with E-state index < -0.39 is 29.1 Å². The molecule has 0 unspecified atom stereocenters. The van der Waals surface area contributed by atoms with Gasteiger partial charge in [0, 0.05) is 37.2 Å². The first-order valence-electron chi connectivity index (χ1n) is 13.2. The lowest BCUT2D eigenvalue weighted by Crippen LogP contribution is -2.41. The number of rotatable bonds is 9. The molecule has 0 spiro atoms. The minimum atomic E-state index is -1.22. The van der Waals surface area contributed by atoms with Gasteiger partial charge in [-0.25, -0.2) is 13.2 Å². The van der Waals surface area contributed by atoms with Crippen LogP contribution in [0.4, 0.5) is 13.2 Å². The number of piperidine rings is 1. The van der Waals surface area contributed by atoms with Gasteiger partial charge in [0.15, 0.2) is 0 Å². The summed E-state index contributed by atoms with van der Waals surface area (Å²) < 4.78 is 49.6. The number of nitrogens with two attached hydrogens (primary N) is 1. The Labute approximate surface area is 221 Å². The molecule has 6 nitrogen and oxygen atoms in total. The van der Waals surface area contributed by atoms with E-state index >= 15 is 0 Å². The molecule has 0 aliphatic carbocycles. The van der Waals surface area contributed by atoms with Crippen molar-refractivity contribution < 1.29 is 27.5 Å². The third kappa shape index (κ3) is 7.07. The molecule has 2 aromatic carbocycles. The molecule has 0 aromatic heterocycles. The number of carbonyl (C=O) groups excluding carboxylic acids is 2. The van der Waals surface area contributed by atoms with Crippen molar-refractivity contribution >= 4 is 11.8 Å². The molecule has 2 amide bonds. The summed E-state index contributed by atoms with van der Waals surface area (Å²) in [6, 6.07) is 8.15. The highest BCUT2D eigenvalue weighted by molar-refractivity contribution is 5.95. The fraction of sp³-hybridized carbons (Fsp3) is 0.517. The van der Waals surface area contributed by atoms with Crippen LogP contribution in [-0.2, 0) is 4.79 Å². The van der Waals surface area contributed by atoms with Crippen LogP contribution in [0.2, 0.25) is 0 Å². The molecule has 38 heavy (non-hydrogen) atoms. The summed E-state index contributed by atoms with van der Waals surface area (Å²) in [5.74, 6) is -1.60. The van der Waals surface area contributed by atoms with Gasteiger partial charge in [0.25, 0.3) is 5.91 Å². The SMILES string of the molecule is CC(C)(F)CN1CCC(COc2ccc(-c3ccc(C(=O)N4CCC[C@H]4CC(N)=O)c(F)c3)c(F)c2)CC1. The van der Waals surface area contributed by atoms with Crippen molar-refractivity contribution in [2.45, 2.75) is 57.7 Å². The minimum absolute atomic E-state index is 0.0434. The van der Waals surface area contributed by atoms with Gasteiger partial charge >= 0.3 is 0 Å². The lowest BCUT2D eigenvalue weighted by atomic mass is 9.96. The van der Waals surface area contributed by atoms with E-state index in [9.17, 15) is 22.8 Å². The largest absolute Gasteiger partial charge is 0.493 e. The molecule has 2 aliphatic heterocycles. The van der Waals surface area contributed by atoms with Gasteiger partial charge in [-0.15, -0.1) is 0 Å². The van der Waals surface area contributed by atoms with Crippen molar-refractivity contribution in [3.63, 3.8) is 0 Å². The van der Waals surface area contributed by atoms with Crippen LogP contribution in [0.15, 0.2) is 36.4 Å². The van der Waals surface area contributed by atoms with Gasteiger partial charge in [-0.3, -0.25) is 9.59 Å². The number of carbonyl (C=O) groups is 2. The smallest absolute Gasteiger partial charge is 0.257 e. The van der Waals surface area contributed by atoms with Crippen LogP contribution in [-0.4, -0.2) is 66.1 Å². The molecule has 2 N–H and O–H groups in total. The van der Waals surface area contributed by atoms with Crippen LogP contribution < -0.4 is 10.5 Å². The maximum absolute atomic E-state index is 15.0. The first kappa shape index (κ1) is 28.0. The molecule has 2 aliphatic rings. The molecule has 2 aromatic rings. The Morgan fingerprint density at radius 3 is 2.39 bits per heavy atom. The normalized spacial score (nSPS) is 19.1. The van der Waals surface area contributed by atoms with E-state index in [4.69, 9.17) is 10.5 Å². The standard InChI is InChI=1S/C29H36F3N3O3/c1-29(2,32)18-34-12-9-19(10-13-34)17-38-22-6-8-23(26(31)16-22)20-5-7-24(25(30)14-20)28(37)35-11-3-4-21(35)15-27(33)36/h5-8,14,16,19,21H,3-4,9-13,15,17-18H2,1-2H3,(H2,33,36)/t21-/m0/s1.